The Balaban J connectivity index is 2.41. The van der Waals surface area contributed by atoms with Crippen molar-refractivity contribution < 1.29 is 0 Å². The molecular weight excluding hydrogens is 198 g/mol. The van der Waals surface area contributed by atoms with Gasteiger partial charge in [-0.15, -0.1) is 0 Å². The van der Waals surface area contributed by atoms with Crippen molar-refractivity contribution in [2.24, 2.45) is 5.92 Å². The summed E-state index contributed by atoms with van der Waals surface area (Å²) >= 11 is 0. The summed E-state index contributed by atoms with van der Waals surface area (Å²) in [4.78, 5) is 8.75. The molecule has 1 N–H and O–H groups in total. The standard InChI is InChI=1S/C13H23N3/c1-10(2)5-6-13-15-8-12(9-16-13)7-14-11(3)4/h8-11,14H,5-7H2,1-4H3. The molecule has 0 saturated heterocycles. The van der Waals surface area contributed by atoms with Crippen LogP contribution < -0.4 is 5.32 Å². The van der Waals surface area contributed by atoms with E-state index in [-0.39, 0.29) is 0 Å². The number of rotatable bonds is 6. The Morgan fingerprint density at radius 1 is 1.12 bits per heavy atom. The van der Waals surface area contributed by atoms with Crippen LogP contribution in [0, 0.1) is 5.92 Å². The van der Waals surface area contributed by atoms with E-state index in [4.69, 9.17) is 0 Å². The maximum absolute atomic E-state index is 4.38. The molecule has 0 aliphatic rings. The summed E-state index contributed by atoms with van der Waals surface area (Å²) < 4.78 is 0. The Morgan fingerprint density at radius 3 is 2.25 bits per heavy atom. The van der Waals surface area contributed by atoms with Crippen LogP contribution in [0.15, 0.2) is 12.4 Å². The lowest BCUT2D eigenvalue weighted by molar-refractivity contribution is 0.570. The van der Waals surface area contributed by atoms with E-state index in [1.165, 1.54) is 0 Å². The second-order valence-electron chi connectivity index (χ2n) is 4.98. The Labute approximate surface area is 98.7 Å². The van der Waals surface area contributed by atoms with Crippen molar-refractivity contribution >= 4 is 0 Å². The van der Waals surface area contributed by atoms with Gasteiger partial charge in [-0.1, -0.05) is 27.7 Å². The van der Waals surface area contributed by atoms with Crippen LogP contribution in [0.3, 0.4) is 0 Å². The van der Waals surface area contributed by atoms with Gasteiger partial charge in [-0.05, 0) is 12.3 Å². The van der Waals surface area contributed by atoms with Crippen LogP contribution >= 0.6 is 0 Å². The summed E-state index contributed by atoms with van der Waals surface area (Å²) in [6.07, 6.45) is 6.00. The second kappa shape index (κ2) is 6.59. The van der Waals surface area contributed by atoms with E-state index in [0.29, 0.717) is 12.0 Å². The van der Waals surface area contributed by atoms with Gasteiger partial charge in [0, 0.05) is 37.0 Å². The molecule has 0 unspecified atom stereocenters. The van der Waals surface area contributed by atoms with Gasteiger partial charge < -0.3 is 5.32 Å². The highest BCUT2D eigenvalue weighted by Gasteiger charge is 2.01. The minimum Gasteiger partial charge on any atom is -0.310 e. The fraction of sp³-hybridized carbons (Fsp3) is 0.692. The van der Waals surface area contributed by atoms with E-state index in [0.717, 1.165) is 30.8 Å². The van der Waals surface area contributed by atoms with Gasteiger partial charge in [0.2, 0.25) is 0 Å². The SMILES string of the molecule is CC(C)CCc1ncc(CNC(C)C)cn1. The minimum atomic E-state index is 0.501. The van der Waals surface area contributed by atoms with Crippen LogP contribution in [0.2, 0.25) is 0 Å². The van der Waals surface area contributed by atoms with Gasteiger partial charge >= 0.3 is 0 Å². The lowest BCUT2D eigenvalue weighted by Gasteiger charge is -2.08. The average molecular weight is 221 g/mol. The number of nitrogens with one attached hydrogen (secondary N) is 1. The molecule has 16 heavy (non-hydrogen) atoms. The third-order valence-corrected chi connectivity index (χ3v) is 2.42. The number of hydrogen-bond donors (Lipinski definition) is 1. The summed E-state index contributed by atoms with van der Waals surface area (Å²) in [5, 5.41) is 3.35. The van der Waals surface area contributed by atoms with Gasteiger partial charge in [-0.3, -0.25) is 0 Å². The van der Waals surface area contributed by atoms with Crippen molar-refractivity contribution in [3.8, 4) is 0 Å². The lowest BCUT2D eigenvalue weighted by Crippen LogP contribution is -2.22. The highest BCUT2D eigenvalue weighted by molar-refractivity contribution is 5.05. The molecule has 1 rings (SSSR count). The molecule has 0 fully saturated rings. The Hall–Kier alpha value is -0.960. The molecule has 0 amide bonds. The zero-order valence-corrected chi connectivity index (χ0v) is 10.8. The molecule has 0 bridgehead atoms. The summed E-state index contributed by atoms with van der Waals surface area (Å²) in [6.45, 7) is 9.57. The fourth-order valence-corrected chi connectivity index (χ4v) is 1.34. The number of aryl methyl sites for hydroxylation is 1. The Kier molecular flexibility index (Phi) is 5.39. The van der Waals surface area contributed by atoms with Gasteiger partial charge in [0.15, 0.2) is 0 Å². The van der Waals surface area contributed by atoms with Crippen LogP contribution in [0.5, 0.6) is 0 Å². The summed E-state index contributed by atoms with van der Waals surface area (Å²) in [5.41, 5.74) is 1.15. The topological polar surface area (TPSA) is 37.8 Å². The van der Waals surface area contributed by atoms with Crippen LogP contribution in [0.1, 0.15) is 45.5 Å². The third kappa shape index (κ3) is 5.21. The van der Waals surface area contributed by atoms with E-state index in [1.807, 2.05) is 12.4 Å². The number of hydrogen-bond acceptors (Lipinski definition) is 3. The number of nitrogens with zero attached hydrogens (tertiary/aromatic N) is 2. The molecule has 0 spiro atoms. The van der Waals surface area contributed by atoms with Crippen molar-refractivity contribution in [1.82, 2.24) is 15.3 Å². The van der Waals surface area contributed by atoms with Crippen molar-refractivity contribution in [1.29, 1.82) is 0 Å². The predicted molar refractivity (Wildman–Crippen MR) is 67.2 cm³/mol. The van der Waals surface area contributed by atoms with Crippen LogP contribution in [-0.4, -0.2) is 16.0 Å². The van der Waals surface area contributed by atoms with Crippen LogP contribution in [-0.2, 0) is 13.0 Å². The molecule has 1 heterocycles. The van der Waals surface area contributed by atoms with Gasteiger partial charge in [0.25, 0.3) is 0 Å². The molecule has 0 saturated carbocycles. The molecule has 0 aromatic carbocycles. The molecule has 1 aromatic heterocycles. The monoisotopic (exact) mass is 221 g/mol. The van der Waals surface area contributed by atoms with E-state index in [2.05, 4.69) is 43.0 Å². The van der Waals surface area contributed by atoms with Gasteiger partial charge in [-0.25, -0.2) is 9.97 Å². The lowest BCUT2D eigenvalue weighted by atomic mass is 10.1. The first kappa shape index (κ1) is 13.1. The molecule has 0 aliphatic carbocycles. The third-order valence-electron chi connectivity index (χ3n) is 2.42. The smallest absolute Gasteiger partial charge is 0.128 e. The average Bonchev–Trinajstić information content (AvgIpc) is 2.25. The maximum atomic E-state index is 4.38. The molecule has 0 aliphatic heterocycles. The zero-order chi connectivity index (χ0) is 12.0. The van der Waals surface area contributed by atoms with Gasteiger partial charge in [0.1, 0.15) is 5.82 Å². The predicted octanol–water partition coefficient (Wildman–Crippen LogP) is 2.56. The molecule has 0 atom stereocenters. The Morgan fingerprint density at radius 2 is 1.75 bits per heavy atom. The van der Waals surface area contributed by atoms with Crippen LogP contribution in [0.4, 0.5) is 0 Å². The first-order chi connectivity index (χ1) is 7.58. The molecule has 3 heteroatoms. The van der Waals surface area contributed by atoms with E-state index < -0.39 is 0 Å². The Bertz CT molecular complexity index is 260. The summed E-state index contributed by atoms with van der Waals surface area (Å²) in [5.74, 6) is 1.67. The van der Waals surface area contributed by atoms with Gasteiger partial charge in [-0.2, -0.15) is 0 Å². The molecule has 90 valence electrons. The zero-order valence-electron chi connectivity index (χ0n) is 10.8. The molecule has 1 aromatic rings. The molecule has 0 radical (unpaired) electrons. The van der Waals surface area contributed by atoms with Crippen molar-refractivity contribution in [2.45, 2.75) is 53.1 Å². The van der Waals surface area contributed by atoms with E-state index >= 15 is 0 Å². The van der Waals surface area contributed by atoms with E-state index in [9.17, 15) is 0 Å². The van der Waals surface area contributed by atoms with Crippen molar-refractivity contribution in [3.63, 3.8) is 0 Å². The first-order valence-corrected chi connectivity index (χ1v) is 6.11. The quantitative estimate of drug-likeness (QED) is 0.802. The van der Waals surface area contributed by atoms with Crippen molar-refractivity contribution in [3.05, 3.63) is 23.8 Å². The molecular formula is C13H23N3. The maximum Gasteiger partial charge on any atom is 0.128 e. The normalized spacial score (nSPS) is 11.4. The minimum absolute atomic E-state index is 0.501. The summed E-state index contributed by atoms with van der Waals surface area (Å²) in [7, 11) is 0. The summed E-state index contributed by atoms with van der Waals surface area (Å²) in [6, 6.07) is 0.501. The second-order valence-corrected chi connectivity index (χ2v) is 4.98. The number of aromatic nitrogens is 2. The fourth-order valence-electron chi connectivity index (χ4n) is 1.34. The largest absolute Gasteiger partial charge is 0.310 e. The van der Waals surface area contributed by atoms with Crippen molar-refractivity contribution in [2.75, 3.05) is 0 Å². The van der Waals surface area contributed by atoms with Gasteiger partial charge in [0.05, 0.1) is 0 Å². The molecule has 3 nitrogen and oxygen atoms in total. The highest BCUT2D eigenvalue weighted by Crippen LogP contribution is 2.05. The van der Waals surface area contributed by atoms with Crippen LogP contribution in [0.25, 0.3) is 0 Å². The highest BCUT2D eigenvalue weighted by atomic mass is 14.9. The first-order valence-electron chi connectivity index (χ1n) is 6.11. The van der Waals surface area contributed by atoms with E-state index in [1.54, 1.807) is 0 Å².